The Labute approximate surface area is 158 Å². The molecule has 6 rings (SSSR count). The molecule has 2 heterocycles. The van der Waals surface area contributed by atoms with Gasteiger partial charge in [-0.05, 0) is 36.4 Å². The maximum absolute atomic E-state index is 13.8. The summed E-state index contributed by atoms with van der Waals surface area (Å²) in [5.74, 6) is -0.214. The molecule has 3 nitrogen and oxygen atoms in total. The van der Waals surface area contributed by atoms with Crippen LogP contribution in [-0.4, -0.2) is 5.11 Å². The average Bonchev–Trinajstić information content (AvgIpc) is 3.26. The van der Waals surface area contributed by atoms with Crippen LogP contribution >= 0.6 is 0 Å². The van der Waals surface area contributed by atoms with Gasteiger partial charge < -0.3 is 13.9 Å². The van der Waals surface area contributed by atoms with Crippen molar-refractivity contribution in [3.05, 3.63) is 78.6 Å². The first kappa shape index (κ1) is 15.3. The van der Waals surface area contributed by atoms with Crippen LogP contribution in [-0.2, 0) is 0 Å². The van der Waals surface area contributed by atoms with Gasteiger partial charge in [-0.15, -0.1) is 0 Å². The molecule has 0 aliphatic rings. The third-order valence-corrected chi connectivity index (χ3v) is 5.25. The molecule has 28 heavy (non-hydrogen) atoms. The highest BCUT2D eigenvalue weighted by atomic mass is 19.1. The van der Waals surface area contributed by atoms with Crippen molar-refractivity contribution in [2.75, 3.05) is 0 Å². The molecule has 0 spiro atoms. The first-order valence-electron chi connectivity index (χ1n) is 8.95. The number of phenols is 1. The van der Waals surface area contributed by atoms with E-state index in [1.165, 1.54) is 12.1 Å². The molecule has 2 aromatic heterocycles. The van der Waals surface area contributed by atoms with E-state index in [2.05, 4.69) is 0 Å². The molecule has 0 fully saturated rings. The van der Waals surface area contributed by atoms with E-state index in [0.717, 1.165) is 21.7 Å². The number of rotatable bonds is 1. The number of halogens is 1. The summed E-state index contributed by atoms with van der Waals surface area (Å²) in [5, 5.41) is 14.1. The minimum atomic E-state index is -0.317. The van der Waals surface area contributed by atoms with E-state index in [9.17, 15) is 9.50 Å². The summed E-state index contributed by atoms with van der Waals surface area (Å²) in [5.41, 5.74) is 3.81. The largest absolute Gasteiger partial charge is 0.507 e. The van der Waals surface area contributed by atoms with Crippen molar-refractivity contribution < 1.29 is 18.3 Å². The number of aromatic hydroxyl groups is 1. The number of phenolic OH excluding ortho intramolecular Hbond substituents is 1. The van der Waals surface area contributed by atoms with Crippen LogP contribution in [0.15, 0.2) is 81.6 Å². The zero-order valence-corrected chi connectivity index (χ0v) is 14.6. The van der Waals surface area contributed by atoms with E-state index in [-0.39, 0.29) is 11.6 Å². The third-order valence-electron chi connectivity index (χ3n) is 5.25. The molecule has 4 heteroatoms. The van der Waals surface area contributed by atoms with Crippen LogP contribution in [0.25, 0.3) is 55.0 Å². The molecule has 0 radical (unpaired) electrons. The Balaban J connectivity index is 1.77. The Hall–Kier alpha value is -3.79. The maximum atomic E-state index is 13.8. The van der Waals surface area contributed by atoms with Crippen molar-refractivity contribution in [1.82, 2.24) is 0 Å². The van der Waals surface area contributed by atoms with Gasteiger partial charge in [0.15, 0.2) is 0 Å². The third kappa shape index (κ3) is 1.97. The van der Waals surface area contributed by atoms with Crippen LogP contribution in [0.5, 0.6) is 5.75 Å². The number of furan rings is 2. The minimum absolute atomic E-state index is 0.102. The zero-order chi connectivity index (χ0) is 18.8. The second-order valence-electron chi connectivity index (χ2n) is 6.86. The Bertz CT molecular complexity index is 1540. The number of fused-ring (bicyclic) bond motifs is 6. The molecule has 134 valence electrons. The molecule has 0 aliphatic heterocycles. The lowest BCUT2D eigenvalue weighted by Gasteiger charge is -2.06. The van der Waals surface area contributed by atoms with E-state index in [0.29, 0.717) is 33.3 Å². The highest BCUT2D eigenvalue weighted by Gasteiger charge is 2.20. The predicted octanol–water partition coefficient (Wildman–Crippen LogP) is 7.00. The van der Waals surface area contributed by atoms with E-state index >= 15 is 0 Å². The molecule has 0 unspecified atom stereocenters. The summed E-state index contributed by atoms with van der Waals surface area (Å²) in [6, 6.07) is 21.4. The van der Waals surface area contributed by atoms with Gasteiger partial charge in [0.25, 0.3) is 0 Å². The highest BCUT2D eigenvalue weighted by molar-refractivity contribution is 6.15. The van der Waals surface area contributed by atoms with Crippen molar-refractivity contribution in [2.24, 2.45) is 0 Å². The smallest absolute Gasteiger partial charge is 0.147 e. The Kier molecular flexibility index (Phi) is 2.93. The molecule has 0 atom stereocenters. The van der Waals surface area contributed by atoms with Gasteiger partial charge in [0.05, 0.1) is 5.56 Å². The van der Waals surface area contributed by atoms with Crippen molar-refractivity contribution in [2.45, 2.75) is 0 Å². The summed E-state index contributed by atoms with van der Waals surface area (Å²) in [7, 11) is 0. The Morgan fingerprint density at radius 3 is 2.32 bits per heavy atom. The van der Waals surface area contributed by atoms with Crippen molar-refractivity contribution in [3.8, 4) is 16.9 Å². The molecule has 0 aliphatic carbocycles. The normalized spacial score (nSPS) is 11.9. The molecule has 0 saturated carbocycles. The van der Waals surface area contributed by atoms with Crippen LogP contribution in [0, 0.1) is 5.82 Å². The lowest BCUT2D eigenvalue weighted by molar-refractivity contribution is 0.477. The first-order chi connectivity index (χ1) is 13.7. The summed E-state index contributed by atoms with van der Waals surface area (Å²) in [4.78, 5) is 0. The van der Waals surface area contributed by atoms with Crippen LogP contribution in [0.4, 0.5) is 4.39 Å². The number of hydrogen-bond donors (Lipinski definition) is 1. The van der Waals surface area contributed by atoms with Crippen molar-refractivity contribution >= 4 is 43.9 Å². The van der Waals surface area contributed by atoms with E-state index in [1.807, 2.05) is 48.5 Å². The van der Waals surface area contributed by atoms with Crippen LogP contribution < -0.4 is 0 Å². The van der Waals surface area contributed by atoms with Crippen LogP contribution in [0.2, 0.25) is 0 Å². The van der Waals surface area contributed by atoms with E-state index < -0.39 is 0 Å². The molecular weight excluding hydrogens is 355 g/mol. The van der Waals surface area contributed by atoms with Gasteiger partial charge in [0, 0.05) is 27.1 Å². The number of para-hydroxylation sites is 2. The van der Waals surface area contributed by atoms with Gasteiger partial charge in [0.1, 0.15) is 33.9 Å². The monoisotopic (exact) mass is 368 g/mol. The van der Waals surface area contributed by atoms with Gasteiger partial charge in [-0.25, -0.2) is 4.39 Å². The molecular formula is C24H13FO3. The van der Waals surface area contributed by atoms with Crippen molar-refractivity contribution in [1.29, 1.82) is 0 Å². The van der Waals surface area contributed by atoms with Crippen molar-refractivity contribution in [3.63, 3.8) is 0 Å². The highest BCUT2D eigenvalue weighted by Crippen LogP contribution is 2.44. The topological polar surface area (TPSA) is 46.5 Å². The molecule has 0 amide bonds. The molecule has 6 aromatic rings. The van der Waals surface area contributed by atoms with Gasteiger partial charge in [-0.1, -0.05) is 36.4 Å². The lowest BCUT2D eigenvalue weighted by atomic mass is 9.99. The second kappa shape index (κ2) is 5.36. The Morgan fingerprint density at radius 1 is 0.643 bits per heavy atom. The summed E-state index contributed by atoms with van der Waals surface area (Å²) in [6.07, 6.45) is 0. The van der Waals surface area contributed by atoms with E-state index in [1.54, 1.807) is 12.1 Å². The van der Waals surface area contributed by atoms with Gasteiger partial charge in [-0.2, -0.15) is 0 Å². The molecule has 1 N–H and O–H groups in total. The molecule has 4 aromatic carbocycles. The summed E-state index contributed by atoms with van der Waals surface area (Å²) in [6.45, 7) is 0. The van der Waals surface area contributed by atoms with E-state index in [4.69, 9.17) is 8.83 Å². The SMILES string of the molecule is Oc1ccc2c(oc3ccccc32)c1-c1cccc2c1oc1ccc(F)cc12. The fraction of sp³-hybridized carbons (Fsp3) is 0. The number of hydrogen-bond acceptors (Lipinski definition) is 3. The van der Waals surface area contributed by atoms with Gasteiger partial charge >= 0.3 is 0 Å². The summed E-state index contributed by atoms with van der Waals surface area (Å²) >= 11 is 0. The summed E-state index contributed by atoms with van der Waals surface area (Å²) < 4.78 is 25.9. The van der Waals surface area contributed by atoms with Gasteiger partial charge in [-0.3, -0.25) is 0 Å². The molecule has 0 saturated heterocycles. The van der Waals surface area contributed by atoms with Crippen LogP contribution in [0.1, 0.15) is 0 Å². The standard InChI is InChI=1S/C24H13FO3/c25-13-8-11-21-18(12-13)15-5-3-6-17(23(15)27-21)22-19(26)10-9-16-14-4-1-2-7-20(14)28-24(16)22/h1-12,26H. The average molecular weight is 368 g/mol. The van der Waals surface area contributed by atoms with Gasteiger partial charge in [0.2, 0.25) is 0 Å². The minimum Gasteiger partial charge on any atom is -0.507 e. The molecule has 0 bridgehead atoms. The first-order valence-corrected chi connectivity index (χ1v) is 8.95. The lowest BCUT2D eigenvalue weighted by Crippen LogP contribution is -1.82. The number of benzene rings is 4. The maximum Gasteiger partial charge on any atom is 0.147 e. The van der Waals surface area contributed by atoms with Crippen LogP contribution in [0.3, 0.4) is 0 Å². The Morgan fingerprint density at radius 2 is 1.39 bits per heavy atom. The fourth-order valence-electron chi connectivity index (χ4n) is 4.01. The fourth-order valence-corrected chi connectivity index (χ4v) is 4.01. The second-order valence-corrected chi connectivity index (χ2v) is 6.86. The quantitative estimate of drug-likeness (QED) is 0.340. The zero-order valence-electron chi connectivity index (χ0n) is 14.6. The predicted molar refractivity (Wildman–Crippen MR) is 108 cm³/mol.